The summed E-state index contributed by atoms with van der Waals surface area (Å²) >= 11 is 1.19. The summed E-state index contributed by atoms with van der Waals surface area (Å²) in [6.45, 7) is 2.57. The molecule has 1 aromatic heterocycles. The number of carbonyl (C=O) groups excluding carboxylic acids is 1. The number of hydrogen-bond donors (Lipinski definition) is 2. The number of anilines is 2. The highest BCUT2D eigenvalue weighted by molar-refractivity contribution is 7.99. The van der Waals surface area contributed by atoms with Crippen molar-refractivity contribution in [2.45, 2.75) is 12.1 Å². The van der Waals surface area contributed by atoms with Crippen LogP contribution in [-0.4, -0.2) is 45.1 Å². The minimum Gasteiger partial charge on any atom is -0.368 e. The van der Waals surface area contributed by atoms with E-state index in [1.165, 1.54) is 11.8 Å². The zero-order chi connectivity index (χ0) is 12.1. The molecule has 0 atom stereocenters. The van der Waals surface area contributed by atoms with Crippen LogP contribution in [0.5, 0.6) is 0 Å². The molecule has 4 N–H and O–H groups in total. The first-order valence-electron chi connectivity index (χ1n) is 4.66. The summed E-state index contributed by atoms with van der Waals surface area (Å²) in [7, 11) is 1.74. The number of nitrogens with two attached hydrogens (primary N) is 2. The van der Waals surface area contributed by atoms with Crippen molar-refractivity contribution in [1.82, 2.24) is 19.9 Å². The second kappa shape index (κ2) is 5.50. The van der Waals surface area contributed by atoms with Crippen LogP contribution in [0.25, 0.3) is 0 Å². The molecule has 0 aliphatic heterocycles. The molecule has 1 amide bonds. The van der Waals surface area contributed by atoms with Crippen molar-refractivity contribution in [1.29, 1.82) is 0 Å². The number of carbonyl (C=O) groups is 1. The first-order chi connectivity index (χ1) is 7.52. The maximum Gasteiger partial charge on any atom is 0.232 e. The van der Waals surface area contributed by atoms with Crippen molar-refractivity contribution in [3.63, 3.8) is 0 Å². The van der Waals surface area contributed by atoms with Crippen molar-refractivity contribution in [2.75, 3.05) is 30.8 Å². The standard InChI is InChI=1S/C8H14N6OS/c1-3-14(2)5(15)4-16-8-12-6(9)11-7(10)13-8/h3-4H2,1-2H3,(H4,9,10,11,12,13). The number of nitrogen functional groups attached to an aromatic ring is 2. The van der Waals surface area contributed by atoms with Crippen LogP contribution in [0.1, 0.15) is 6.92 Å². The number of thioether (sulfide) groups is 1. The van der Waals surface area contributed by atoms with Crippen LogP contribution < -0.4 is 11.5 Å². The quantitative estimate of drug-likeness (QED) is 0.691. The van der Waals surface area contributed by atoms with Gasteiger partial charge in [0.15, 0.2) is 5.16 Å². The Balaban J connectivity index is 2.58. The lowest BCUT2D eigenvalue weighted by Gasteiger charge is -2.13. The molecular formula is C8H14N6OS. The molecule has 0 bridgehead atoms. The Kier molecular flexibility index (Phi) is 4.29. The average molecular weight is 242 g/mol. The van der Waals surface area contributed by atoms with Crippen molar-refractivity contribution in [2.24, 2.45) is 0 Å². The van der Waals surface area contributed by atoms with Crippen LogP contribution >= 0.6 is 11.8 Å². The molecule has 0 saturated heterocycles. The highest BCUT2D eigenvalue weighted by Gasteiger charge is 2.09. The Morgan fingerprint density at radius 1 is 1.31 bits per heavy atom. The van der Waals surface area contributed by atoms with Crippen molar-refractivity contribution in [3.8, 4) is 0 Å². The molecule has 7 nitrogen and oxygen atoms in total. The fraction of sp³-hybridized carbons (Fsp3) is 0.500. The van der Waals surface area contributed by atoms with E-state index in [4.69, 9.17) is 11.5 Å². The molecule has 88 valence electrons. The SMILES string of the molecule is CCN(C)C(=O)CSc1nc(N)nc(N)n1. The van der Waals surface area contributed by atoms with E-state index >= 15 is 0 Å². The summed E-state index contributed by atoms with van der Waals surface area (Å²) < 4.78 is 0. The van der Waals surface area contributed by atoms with Gasteiger partial charge < -0.3 is 16.4 Å². The number of nitrogens with zero attached hydrogens (tertiary/aromatic N) is 4. The molecule has 0 spiro atoms. The van der Waals surface area contributed by atoms with Gasteiger partial charge in [0.25, 0.3) is 0 Å². The van der Waals surface area contributed by atoms with Gasteiger partial charge in [0.05, 0.1) is 5.75 Å². The molecule has 1 aromatic rings. The van der Waals surface area contributed by atoms with Gasteiger partial charge in [-0.3, -0.25) is 4.79 Å². The second-order valence-corrected chi connectivity index (χ2v) is 3.97. The molecule has 0 radical (unpaired) electrons. The zero-order valence-corrected chi connectivity index (χ0v) is 9.99. The summed E-state index contributed by atoms with van der Waals surface area (Å²) in [5, 5.41) is 0.364. The predicted octanol–water partition coefficient (Wildman–Crippen LogP) is -0.394. The summed E-state index contributed by atoms with van der Waals surface area (Å²) in [5.41, 5.74) is 10.8. The van der Waals surface area contributed by atoms with Gasteiger partial charge in [0.2, 0.25) is 17.8 Å². The van der Waals surface area contributed by atoms with Crippen molar-refractivity contribution in [3.05, 3.63) is 0 Å². The molecule has 0 saturated carbocycles. The van der Waals surface area contributed by atoms with Crippen LogP contribution in [0, 0.1) is 0 Å². The Bertz CT molecular complexity index is 365. The van der Waals surface area contributed by atoms with E-state index in [2.05, 4.69) is 15.0 Å². The highest BCUT2D eigenvalue weighted by atomic mass is 32.2. The van der Waals surface area contributed by atoms with Gasteiger partial charge in [-0.1, -0.05) is 11.8 Å². The average Bonchev–Trinajstić information content (AvgIpc) is 2.23. The van der Waals surface area contributed by atoms with E-state index < -0.39 is 0 Å². The predicted molar refractivity (Wildman–Crippen MR) is 62.7 cm³/mol. The minimum absolute atomic E-state index is 0.00468. The van der Waals surface area contributed by atoms with Crippen LogP contribution in [0.4, 0.5) is 11.9 Å². The van der Waals surface area contributed by atoms with Gasteiger partial charge in [-0.25, -0.2) is 0 Å². The number of rotatable bonds is 4. The third kappa shape index (κ3) is 3.54. The highest BCUT2D eigenvalue weighted by Crippen LogP contribution is 2.14. The number of hydrogen-bond acceptors (Lipinski definition) is 7. The Labute approximate surface area is 97.6 Å². The van der Waals surface area contributed by atoms with Gasteiger partial charge in [-0.05, 0) is 6.92 Å². The van der Waals surface area contributed by atoms with Crippen molar-refractivity contribution < 1.29 is 4.79 Å². The number of amides is 1. The zero-order valence-electron chi connectivity index (χ0n) is 9.17. The van der Waals surface area contributed by atoms with E-state index in [0.29, 0.717) is 11.7 Å². The lowest BCUT2D eigenvalue weighted by atomic mass is 10.5. The smallest absolute Gasteiger partial charge is 0.232 e. The van der Waals surface area contributed by atoms with Crippen LogP contribution in [0.2, 0.25) is 0 Å². The minimum atomic E-state index is 0.00468. The molecule has 1 rings (SSSR count). The molecule has 0 aromatic carbocycles. The molecular weight excluding hydrogens is 228 g/mol. The van der Waals surface area contributed by atoms with Crippen LogP contribution in [0.3, 0.4) is 0 Å². The fourth-order valence-electron chi connectivity index (χ4n) is 0.866. The normalized spacial score (nSPS) is 10.1. The van der Waals surface area contributed by atoms with E-state index in [1.54, 1.807) is 11.9 Å². The van der Waals surface area contributed by atoms with Gasteiger partial charge in [-0.2, -0.15) is 15.0 Å². The Morgan fingerprint density at radius 2 is 1.88 bits per heavy atom. The molecule has 0 unspecified atom stereocenters. The first-order valence-corrected chi connectivity index (χ1v) is 5.65. The van der Waals surface area contributed by atoms with E-state index in [0.717, 1.165) is 0 Å². The number of aromatic nitrogens is 3. The van der Waals surface area contributed by atoms with Crippen molar-refractivity contribution >= 4 is 29.6 Å². The lowest BCUT2D eigenvalue weighted by molar-refractivity contribution is -0.126. The monoisotopic (exact) mass is 242 g/mol. The summed E-state index contributed by atoms with van der Waals surface area (Å²) in [4.78, 5) is 24.5. The van der Waals surface area contributed by atoms with Crippen LogP contribution in [-0.2, 0) is 4.79 Å². The molecule has 1 heterocycles. The summed E-state index contributed by atoms with van der Waals surface area (Å²) in [6, 6.07) is 0. The van der Waals surface area contributed by atoms with Gasteiger partial charge in [0, 0.05) is 13.6 Å². The maximum atomic E-state index is 11.5. The summed E-state index contributed by atoms with van der Waals surface area (Å²) in [6.07, 6.45) is 0. The third-order valence-corrected chi connectivity index (χ3v) is 2.71. The van der Waals surface area contributed by atoms with E-state index in [1.807, 2.05) is 6.92 Å². The first kappa shape index (κ1) is 12.5. The maximum absolute atomic E-state index is 11.5. The van der Waals surface area contributed by atoms with Gasteiger partial charge in [0.1, 0.15) is 0 Å². The molecule has 0 fully saturated rings. The molecule has 8 heteroatoms. The van der Waals surface area contributed by atoms with E-state index in [-0.39, 0.29) is 23.6 Å². The lowest BCUT2D eigenvalue weighted by Crippen LogP contribution is -2.27. The van der Waals surface area contributed by atoms with E-state index in [9.17, 15) is 4.79 Å². The van der Waals surface area contributed by atoms with Gasteiger partial charge >= 0.3 is 0 Å². The van der Waals surface area contributed by atoms with Gasteiger partial charge in [-0.15, -0.1) is 0 Å². The molecule has 0 aliphatic rings. The third-order valence-electron chi connectivity index (χ3n) is 1.87. The summed E-state index contributed by atoms with van der Waals surface area (Å²) in [5.74, 6) is 0.385. The molecule has 0 aliphatic carbocycles. The largest absolute Gasteiger partial charge is 0.368 e. The Morgan fingerprint density at radius 3 is 2.38 bits per heavy atom. The molecule has 16 heavy (non-hydrogen) atoms. The topological polar surface area (TPSA) is 111 Å². The van der Waals surface area contributed by atoms with Crippen LogP contribution in [0.15, 0.2) is 5.16 Å². The fourth-order valence-corrected chi connectivity index (χ4v) is 1.65. The second-order valence-electron chi connectivity index (χ2n) is 3.03. The Hall–Kier alpha value is -1.57.